The van der Waals surface area contributed by atoms with E-state index in [4.69, 9.17) is 4.42 Å². The van der Waals surface area contributed by atoms with Crippen LogP contribution in [0.5, 0.6) is 0 Å². The maximum Gasteiger partial charge on any atom is 0.276 e. The summed E-state index contributed by atoms with van der Waals surface area (Å²) in [4.78, 5) is 28.4. The zero-order chi connectivity index (χ0) is 22.3. The summed E-state index contributed by atoms with van der Waals surface area (Å²) in [6.07, 6.45) is 1.54. The molecule has 0 spiro atoms. The van der Waals surface area contributed by atoms with Gasteiger partial charge in [-0.2, -0.15) is 0 Å². The molecule has 1 N–H and O–H groups in total. The molecule has 162 valence electrons. The average molecular weight is 447 g/mol. The number of rotatable bonds is 8. The zero-order valence-electron chi connectivity index (χ0n) is 17.5. The second kappa shape index (κ2) is 10.0. The van der Waals surface area contributed by atoms with Crippen molar-refractivity contribution in [3.63, 3.8) is 0 Å². The number of aryl methyl sites for hydroxylation is 1. The first-order valence-electron chi connectivity index (χ1n) is 10.1. The summed E-state index contributed by atoms with van der Waals surface area (Å²) in [5.74, 6) is -0.120. The molecule has 0 unspecified atom stereocenters. The van der Waals surface area contributed by atoms with Crippen LogP contribution in [0.2, 0.25) is 0 Å². The van der Waals surface area contributed by atoms with Gasteiger partial charge >= 0.3 is 0 Å². The third-order valence-corrected chi connectivity index (χ3v) is 5.51. The minimum absolute atomic E-state index is 0.112. The molecule has 0 saturated heterocycles. The van der Waals surface area contributed by atoms with Crippen LogP contribution in [0.1, 0.15) is 39.0 Å². The molecule has 8 heteroatoms. The highest BCUT2D eigenvalue weighted by Crippen LogP contribution is 2.26. The van der Waals surface area contributed by atoms with Crippen LogP contribution >= 0.6 is 11.5 Å². The predicted molar refractivity (Wildman–Crippen MR) is 121 cm³/mol. The number of aromatic nitrogens is 2. The Kier molecular flexibility index (Phi) is 6.72. The molecule has 0 aliphatic rings. The first-order valence-corrected chi connectivity index (χ1v) is 10.9. The van der Waals surface area contributed by atoms with Crippen LogP contribution in [0.25, 0.3) is 0 Å². The van der Waals surface area contributed by atoms with E-state index < -0.39 is 11.9 Å². The van der Waals surface area contributed by atoms with Crippen LogP contribution in [0.4, 0.5) is 0 Å². The highest BCUT2D eigenvalue weighted by Gasteiger charge is 2.33. The number of nitrogens with one attached hydrogen (secondary N) is 1. The smallest absolute Gasteiger partial charge is 0.276 e. The Bertz CT molecular complexity index is 1140. The summed E-state index contributed by atoms with van der Waals surface area (Å²) >= 11 is 1.09. The third-order valence-electron chi connectivity index (χ3n) is 5.01. The molecule has 0 fully saturated rings. The molecule has 0 saturated carbocycles. The van der Waals surface area contributed by atoms with Crippen LogP contribution in [0, 0.1) is 6.92 Å². The van der Waals surface area contributed by atoms with Crippen molar-refractivity contribution in [2.75, 3.05) is 0 Å². The van der Waals surface area contributed by atoms with Gasteiger partial charge in [-0.15, -0.1) is 5.10 Å². The molecule has 7 nitrogen and oxygen atoms in total. The summed E-state index contributed by atoms with van der Waals surface area (Å²) in [5.41, 5.74) is 2.92. The van der Waals surface area contributed by atoms with E-state index in [0.29, 0.717) is 17.9 Å². The number of hydrogen-bond acceptors (Lipinski definition) is 6. The van der Waals surface area contributed by atoms with Crippen molar-refractivity contribution >= 4 is 23.3 Å². The highest BCUT2D eigenvalue weighted by atomic mass is 32.1. The standard InChI is InChI=1S/C24H22N4O3S/c1-17-9-11-19(12-10-17)22(23(29)25-14-18-6-3-2-4-7-18)28(15-20-8-5-13-31-20)24(30)21-16-32-27-26-21/h2-13,16,22H,14-15H2,1H3,(H,25,29)/t22-/m0/s1. The van der Waals surface area contributed by atoms with Crippen molar-refractivity contribution in [1.82, 2.24) is 19.8 Å². The summed E-state index contributed by atoms with van der Waals surface area (Å²) < 4.78 is 9.29. The summed E-state index contributed by atoms with van der Waals surface area (Å²) in [6, 6.07) is 19.9. The fourth-order valence-electron chi connectivity index (χ4n) is 3.36. The number of hydrogen-bond donors (Lipinski definition) is 1. The molecule has 32 heavy (non-hydrogen) atoms. The molecule has 0 aliphatic heterocycles. The van der Waals surface area contributed by atoms with E-state index in [1.54, 1.807) is 23.8 Å². The SMILES string of the molecule is Cc1ccc([C@@H](C(=O)NCc2ccccc2)N(Cc2ccco2)C(=O)c2csnn2)cc1. The Morgan fingerprint density at radius 3 is 2.50 bits per heavy atom. The summed E-state index contributed by atoms with van der Waals surface area (Å²) in [7, 11) is 0. The Labute approximate surface area is 189 Å². The highest BCUT2D eigenvalue weighted by molar-refractivity contribution is 7.03. The lowest BCUT2D eigenvalue weighted by Gasteiger charge is -2.30. The number of amides is 2. The number of carbonyl (C=O) groups excluding carboxylic acids is 2. The molecule has 2 aromatic carbocycles. The van der Waals surface area contributed by atoms with Crippen LogP contribution in [-0.2, 0) is 17.9 Å². The molecule has 2 aromatic heterocycles. The van der Waals surface area contributed by atoms with Crippen LogP contribution in [-0.4, -0.2) is 26.3 Å². The number of benzene rings is 2. The molecule has 4 aromatic rings. The third kappa shape index (κ3) is 5.09. The van der Waals surface area contributed by atoms with Gasteiger partial charge in [0.1, 0.15) is 11.8 Å². The first kappa shape index (κ1) is 21.5. The van der Waals surface area contributed by atoms with E-state index in [2.05, 4.69) is 14.9 Å². The van der Waals surface area contributed by atoms with Gasteiger partial charge in [-0.05, 0) is 41.7 Å². The lowest BCUT2D eigenvalue weighted by atomic mass is 10.0. The predicted octanol–water partition coefficient (Wildman–Crippen LogP) is 4.14. The normalized spacial score (nSPS) is 11.7. The van der Waals surface area contributed by atoms with Gasteiger partial charge in [0.15, 0.2) is 5.69 Å². The lowest BCUT2D eigenvalue weighted by Crippen LogP contribution is -2.43. The Morgan fingerprint density at radius 1 is 1.06 bits per heavy atom. The topological polar surface area (TPSA) is 88.3 Å². The molecular formula is C24H22N4O3S. The zero-order valence-corrected chi connectivity index (χ0v) is 18.3. The van der Waals surface area contributed by atoms with Crippen molar-refractivity contribution in [3.05, 3.63) is 107 Å². The minimum atomic E-state index is -0.876. The average Bonchev–Trinajstić information content (AvgIpc) is 3.53. The monoisotopic (exact) mass is 446 g/mol. The van der Waals surface area contributed by atoms with Gasteiger partial charge < -0.3 is 14.6 Å². The van der Waals surface area contributed by atoms with Crippen LogP contribution in [0.3, 0.4) is 0 Å². The van der Waals surface area contributed by atoms with Gasteiger partial charge in [0.2, 0.25) is 5.91 Å². The van der Waals surface area contributed by atoms with Crippen LogP contribution < -0.4 is 5.32 Å². The second-order valence-electron chi connectivity index (χ2n) is 7.32. The largest absolute Gasteiger partial charge is 0.467 e. The van der Waals surface area contributed by atoms with Crippen molar-refractivity contribution in [2.45, 2.75) is 26.1 Å². The maximum absolute atomic E-state index is 13.5. The molecule has 0 aliphatic carbocycles. The van der Waals surface area contributed by atoms with E-state index in [9.17, 15) is 9.59 Å². The van der Waals surface area contributed by atoms with Crippen molar-refractivity contribution in [3.8, 4) is 0 Å². The number of carbonyl (C=O) groups is 2. The van der Waals surface area contributed by atoms with Gasteiger partial charge in [0.25, 0.3) is 5.91 Å². The van der Waals surface area contributed by atoms with Crippen molar-refractivity contribution < 1.29 is 14.0 Å². The van der Waals surface area contributed by atoms with Gasteiger partial charge in [-0.3, -0.25) is 9.59 Å². The van der Waals surface area contributed by atoms with E-state index in [1.165, 1.54) is 4.90 Å². The number of nitrogens with zero attached hydrogens (tertiary/aromatic N) is 3. The molecule has 0 bridgehead atoms. The molecule has 0 radical (unpaired) electrons. The second-order valence-corrected chi connectivity index (χ2v) is 7.93. The Hall–Kier alpha value is -3.78. The number of furan rings is 1. The summed E-state index contributed by atoms with van der Waals surface area (Å²) in [5, 5.41) is 8.47. The van der Waals surface area contributed by atoms with Gasteiger partial charge in [0.05, 0.1) is 12.8 Å². The van der Waals surface area contributed by atoms with Gasteiger partial charge in [-0.1, -0.05) is 64.6 Å². The minimum Gasteiger partial charge on any atom is -0.467 e. The molecule has 2 amide bonds. The van der Waals surface area contributed by atoms with E-state index in [-0.39, 0.29) is 18.1 Å². The summed E-state index contributed by atoms with van der Waals surface area (Å²) in [6.45, 7) is 2.44. The quantitative estimate of drug-likeness (QED) is 0.439. The van der Waals surface area contributed by atoms with Gasteiger partial charge in [0, 0.05) is 11.9 Å². The molecule has 1 atom stereocenters. The fraction of sp³-hybridized carbons (Fsp3) is 0.167. The lowest BCUT2D eigenvalue weighted by molar-refractivity contribution is -0.126. The van der Waals surface area contributed by atoms with E-state index >= 15 is 0 Å². The maximum atomic E-state index is 13.5. The molecule has 4 rings (SSSR count). The van der Waals surface area contributed by atoms with Crippen molar-refractivity contribution in [2.24, 2.45) is 0 Å². The van der Waals surface area contributed by atoms with E-state index in [0.717, 1.165) is 22.7 Å². The van der Waals surface area contributed by atoms with E-state index in [1.807, 2.05) is 61.5 Å². The Morgan fingerprint density at radius 2 is 1.84 bits per heavy atom. The molecular weight excluding hydrogens is 424 g/mol. The molecule has 2 heterocycles. The fourth-order valence-corrected chi connectivity index (χ4v) is 3.79. The Balaban J connectivity index is 1.69. The first-order chi connectivity index (χ1) is 15.6. The van der Waals surface area contributed by atoms with Crippen LogP contribution in [0.15, 0.2) is 82.8 Å². The van der Waals surface area contributed by atoms with Crippen molar-refractivity contribution in [1.29, 1.82) is 0 Å². The van der Waals surface area contributed by atoms with Gasteiger partial charge in [-0.25, -0.2) is 0 Å².